The summed E-state index contributed by atoms with van der Waals surface area (Å²) in [6.45, 7) is 10.7. The third-order valence-corrected chi connectivity index (χ3v) is 1.64. The lowest BCUT2D eigenvalue weighted by molar-refractivity contribution is 0.0351. The Hall–Kier alpha value is -0.120. The van der Waals surface area contributed by atoms with E-state index in [4.69, 9.17) is 14.2 Å². The highest BCUT2D eigenvalue weighted by molar-refractivity contribution is 4.40. The lowest BCUT2D eigenvalue weighted by Crippen LogP contribution is -2.07. The highest BCUT2D eigenvalue weighted by Gasteiger charge is 1.89. The Morgan fingerprint density at radius 3 is 1.60 bits per heavy atom. The largest absolute Gasteiger partial charge is 0.385 e. The zero-order valence-corrected chi connectivity index (χ0v) is 11.2. The normalized spacial score (nSPS) is 10.4. The average molecular weight is 220 g/mol. The van der Waals surface area contributed by atoms with Gasteiger partial charge in [-0.15, -0.1) is 0 Å². The second kappa shape index (κ2) is 13.9. The molecule has 94 valence electrons. The Balaban J connectivity index is 0. The van der Waals surface area contributed by atoms with Crippen LogP contribution in [0.5, 0.6) is 0 Å². The van der Waals surface area contributed by atoms with Crippen LogP contribution < -0.4 is 0 Å². The van der Waals surface area contributed by atoms with E-state index in [9.17, 15) is 0 Å². The van der Waals surface area contributed by atoms with Gasteiger partial charge in [-0.25, -0.2) is 0 Å². The van der Waals surface area contributed by atoms with E-state index in [-0.39, 0.29) is 0 Å². The zero-order valence-electron chi connectivity index (χ0n) is 11.2. The van der Waals surface area contributed by atoms with E-state index in [1.807, 2.05) is 13.8 Å². The molecule has 0 radical (unpaired) electrons. The van der Waals surface area contributed by atoms with Crippen molar-refractivity contribution in [2.75, 3.05) is 34.0 Å². The molecule has 0 saturated heterocycles. The van der Waals surface area contributed by atoms with Crippen LogP contribution in [0.2, 0.25) is 0 Å². The Bertz CT molecular complexity index is 103. The summed E-state index contributed by atoms with van der Waals surface area (Å²) in [7, 11) is 3.41. The van der Waals surface area contributed by atoms with Gasteiger partial charge in [0.25, 0.3) is 0 Å². The third-order valence-electron chi connectivity index (χ3n) is 1.64. The molecule has 0 aliphatic carbocycles. The van der Waals surface area contributed by atoms with E-state index in [2.05, 4.69) is 13.8 Å². The number of hydrogen-bond donors (Lipinski definition) is 0. The number of methoxy groups -OCH3 is 2. The number of ether oxygens (including phenoxy) is 3. The Labute approximate surface area is 95.1 Å². The van der Waals surface area contributed by atoms with E-state index >= 15 is 0 Å². The van der Waals surface area contributed by atoms with Crippen LogP contribution in [0, 0.1) is 5.92 Å². The van der Waals surface area contributed by atoms with Gasteiger partial charge in [0.15, 0.2) is 0 Å². The van der Waals surface area contributed by atoms with Crippen LogP contribution in [0.15, 0.2) is 0 Å². The zero-order chi connectivity index (χ0) is 12.1. The Morgan fingerprint density at radius 1 is 0.800 bits per heavy atom. The summed E-state index contributed by atoms with van der Waals surface area (Å²) in [5.74, 6) is 0.778. The maximum atomic E-state index is 5.16. The second-order valence-corrected chi connectivity index (χ2v) is 4.09. The van der Waals surface area contributed by atoms with Gasteiger partial charge in [-0.2, -0.15) is 0 Å². The summed E-state index contributed by atoms with van der Waals surface area (Å²) in [5.41, 5.74) is 0. The van der Waals surface area contributed by atoms with Gasteiger partial charge in [-0.05, 0) is 26.2 Å². The summed E-state index contributed by atoms with van der Waals surface area (Å²) >= 11 is 0. The quantitative estimate of drug-likeness (QED) is 0.617. The van der Waals surface area contributed by atoms with E-state index in [0.29, 0.717) is 19.3 Å². The van der Waals surface area contributed by atoms with Crippen molar-refractivity contribution in [2.24, 2.45) is 5.92 Å². The maximum Gasteiger partial charge on any atom is 0.0703 e. The minimum atomic E-state index is 0.324. The fourth-order valence-corrected chi connectivity index (χ4v) is 0.721. The predicted molar refractivity (Wildman–Crippen MR) is 64.3 cm³/mol. The smallest absolute Gasteiger partial charge is 0.0703 e. The van der Waals surface area contributed by atoms with Crippen molar-refractivity contribution >= 4 is 0 Å². The van der Waals surface area contributed by atoms with Crippen LogP contribution in [0.3, 0.4) is 0 Å². The van der Waals surface area contributed by atoms with Gasteiger partial charge in [-0.3, -0.25) is 0 Å². The van der Waals surface area contributed by atoms with Crippen LogP contribution in [0.4, 0.5) is 0 Å². The fourth-order valence-electron chi connectivity index (χ4n) is 0.721. The van der Waals surface area contributed by atoms with E-state index < -0.39 is 0 Å². The minimum absolute atomic E-state index is 0.324. The molecule has 0 saturated carbocycles. The highest BCUT2D eigenvalue weighted by atomic mass is 16.5. The SMILES string of the molecule is COCCC(C)C.COCCOC(C)C. The molecule has 0 heterocycles. The first-order chi connectivity index (χ1) is 7.04. The lowest BCUT2D eigenvalue weighted by atomic mass is 10.1. The molecule has 0 atom stereocenters. The van der Waals surface area contributed by atoms with Crippen LogP contribution in [-0.4, -0.2) is 40.1 Å². The molecule has 0 unspecified atom stereocenters. The summed E-state index contributed by atoms with van der Waals surface area (Å²) < 4.78 is 14.8. The van der Waals surface area contributed by atoms with Crippen molar-refractivity contribution in [3.8, 4) is 0 Å². The topological polar surface area (TPSA) is 27.7 Å². The molecule has 0 aliphatic rings. The molecule has 0 aromatic rings. The number of hydrogen-bond acceptors (Lipinski definition) is 3. The molecule has 15 heavy (non-hydrogen) atoms. The molecule has 0 rings (SSSR count). The van der Waals surface area contributed by atoms with Gasteiger partial charge in [-0.1, -0.05) is 13.8 Å². The van der Waals surface area contributed by atoms with Gasteiger partial charge < -0.3 is 14.2 Å². The predicted octanol–water partition coefficient (Wildman–Crippen LogP) is 2.74. The molecule has 3 nitrogen and oxygen atoms in total. The standard InChI is InChI=1S/C6H14O2.C6H14O/c1-6(2)8-5-4-7-3;1-6(2)4-5-7-3/h6H,4-5H2,1-3H3;6H,4-5H2,1-3H3. The third kappa shape index (κ3) is 24.8. The van der Waals surface area contributed by atoms with Crippen molar-refractivity contribution in [1.82, 2.24) is 0 Å². The average Bonchev–Trinajstić information content (AvgIpc) is 2.15. The van der Waals surface area contributed by atoms with Crippen LogP contribution >= 0.6 is 0 Å². The lowest BCUT2D eigenvalue weighted by Gasteiger charge is -2.04. The summed E-state index contributed by atoms with van der Waals surface area (Å²) in [6.07, 6.45) is 1.50. The van der Waals surface area contributed by atoms with E-state index in [0.717, 1.165) is 12.5 Å². The van der Waals surface area contributed by atoms with Crippen LogP contribution in [-0.2, 0) is 14.2 Å². The Morgan fingerprint density at radius 2 is 1.33 bits per heavy atom. The highest BCUT2D eigenvalue weighted by Crippen LogP contribution is 1.96. The molecule has 0 aromatic carbocycles. The van der Waals surface area contributed by atoms with Crippen molar-refractivity contribution in [2.45, 2.75) is 40.2 Å². The monoisotopic (exact) mass is 220 g/mol. The molecule has 0 bridgehead atoms. The van der Waals surface area contributed by atoms with Crippen molar-refractivity contribution in [3.05, 3.63) is 0 Å². The van der Waals surface area contributed by atoms with Gasteiger partial charge in [0.2, 0.25) is 0 Å². The molecule has 3 heteroatoms. The second-order valence-electron chi connectivity index (χ2n) is 4.09. The number of rotatable bonds is 7. The molecule has 0 spiro atoms. The van der Waals surface area contributed by atoms with E-state index in [1.54, 1.807) is 14.2 Å². The fraction of sp³-hybridized carbons (Fsp3) is 1.00. The summed E-state index contributed by atoms with van der Waals surface area (Å²) in [5, 5.41) is 0. The molecule has 0 fully saturated rings. The van der Waals surface area contributed by atoms with Crippen LogP contribution in [0.1, 0.15) is 34.1 Å². The Kier molecular flexibility index (Phi) is 16.0. The molecular weight excluding hydrogens is 192 g/mol. The summed E-state index contributed by atoms with van der Waals surface area (Å²) in [4.78, 5) is 0. The molecule has 0 N–H and O–H groups in total. The van der Waals surface area contributed by atoms with E-state index in [1.165, 1.54) is 6.42 Å². The van der Waals surface area contributed by atoms with Crippen molar-refractivity contribution < 1.29 is 14.2 Å². The summed E-state index contributed by atoms with van der Waals surface area (Å²) in [6, 6.07) is 0. The van der Waals surface area contributed by atoms with Gasteiger partial charge in [0, 0.05) is 20.8 Å². The molecular formula is C12H28O3. The van der Waals surface area contributed by atoms with Gasteiger partial charge in [0.1, 0.15) is 0 Å². The molecule has 0 amide bonds. The van der Waals surface area contributed by atoms with Crippen molar-refractivity contribution in [1.29, 1.82) is 0 Å². The molecule has 0 aliphatic heterocycles. The van der Waals surface area contributed by atoms with Crippen molar-refractivity contribution in [3.63, 3.8) is 0 Å². The van der Waals surface area contributed by atoms with Gasteiger partial charge in [0.05, 0.1) is 19.3 Å². The molecule has 0 aromatic heterocycles. The first-order valence-electron chi connectivity index (χ1n) is 5.64. The van der Waals surface area contributed by atoms with Crippen LogP contribution in [0.25, 0.3) is 0 Å². The first kappa shape index (κ1) is 17.3. The minimum Gasteiger partial charge on any atom is -0.385 e. The first-order valence-corrected chi connectivity index (χ1v) is 5.64. The maximum absolute atomic E-state index is 5.16. The van der Waals surface area contributed by atoms with Gasteiger partial charge >= 0.3 is 0 Å².